The molecule has 7 nitrogen and oxygen atoms in total. The number of anilines is 2. The van der Waals surface area contributed by atoms with Crippen molar-refractivity contribution in [1.82, 2.24) is 9.97 Å². The molecule has 7 heteroatoms. The summed E-state index contributed by atoms with van der Waals surface area (Å²) in [6.07, 6.45) is 2.91. The Kier molecular flexibility index (Phi) is 3.55. The summed E-state index contributed by atoms with van der Waals surface area (Å²) < 4.78 is 10.9. The van der Waals surface area contributed by atoms with Gasteiger partial charge in [-0.05, 0) is 12.1 Å². The second-order valence-corrected chi connectivity index (χ2v) is 4.35. The van der Waals surface area contributed by atoms with E-state index in [9.17, 15) is 4.79 Å². The number of benzene rings is 1. The zero-order chi connectivity index (χ0) is 14.7. The molecule has 1 aromatic carbocycles. The number of rotatable bonds is 3. The Morgan fingerprint density at radius 3 is 2.67 bits per heavy atom. The fraction of sp³-hybridized carbons (Fsp3) is 0.214. The zero-order valence-electron chi connectivity index (χ0n) is 11.4. The first-order valence-electron chi connectivity index (χ1n) is 6.47. The van der Waals surface area contributed by atoms with Gasteiger partial charge in [0.25, 0.3) is 5.91 Å². The fourth-order valence-corrected chi connectivity index (χ4v) is 1.89. The molecule has 2 aromatic rings. The summed E-state index contributed by atoms with van der Waals surface area (Å²) in [5.41, 5.74) is 0.854. The molecule has 0 radical (unpaired) electrons. The second-order valence-electron chi connectivity index (χ2n) is 4.35. The average Bonchev–Trinajstić information content (AvgIpc) is 2.55. The Morgan fingerprint density at radius 1 is 1.14 bits per heavy atom. The van der Waals surface area contributed by atoms with Crippen LogP contribution >= 0.6 is 0 Å². The Hall–Kier alpha value is -2.83. The summed E-state index contributed by atoms with van der Waals surface area (Å²) in [6.45, 7) is 1.04. The van der Waals surface area contributed by atoms with E-state index in [1.807, 2.05) is 0 Å². The molecule has 1 amide bonds. The molecular weight excluding hydrogens is 272 g/mol. The van der Waals surface area contributed by atoms with E-state index in [4.69, 9.17) is 9.47 Å². The third-order valence-corrected chi connectivity index (χ3v) is 2.94. The van der Waals surface area contributed by atoms with E-state index in [1.54, 1.807) is 25.2 Å². The van der Waals surface area contributed by atoms with E-state index in [0.29, 0.717) is 36.2 Å². The summed E-state index contributed by atoms with van der Waals surface area (Å²) in [5.74, 6) is 1.57. The van der Waals surface area contributed by atoms with Crippen LogP contribution < -0.4 is 20.1 Å². The van der Waals surface area contributed by atoms with E-state index >= 15 is 0 Å². The Balaban J connectivity index is 1.74. The first kappa shape index (κ1) is 13.2. The summed E-state index contributed by atoms with van der Waals surface area (Å²) in [5, 5.41) is 5.59. The summed E-state index contributed by atoms with van der Waals surface area (Å²) >= 11 is 0. The minimum Gasteiger partial charge on any atom is -0.486 e. The van der Waals surface area contributed by atoms with Crippen LogP contribution in [0.2, 0.25) is 0 Å². The Morgan fingerprint density at radius 2 is 1.95 bits per heavy atom. The normalized spacial score (nSPS) is 12.6. The molecule has 2 heterocycles. The van der Waals surface area contributed by atoms with Gasteiger partial charge in [-0.2, -0.15) is 0 Å². The molecule has 0 saturated carbocycles. The van der Waals surface area contributed by atoms with Gasteiger partial charge in [0.15, 0.2) is 11.5 Å². The monoisotopic (exact) mass is 286 g/mol. The van der Waals surface area contributed by atoms with Crippen LogP contribution in [0, 0.1) is 0 Å². The number of carbonyl (C=O) groups excluding carboxylic acids is 1. The lowest BCUT2D eigenvalue weighted by Crippen LogP contribution is -2.17. The lowest BCUT2D eigenvalue weighted by molar-refractivity contribution is 0.102. The molecule has 2 N–H and O–H groups in total. The maximum absolute atomic E-state index is 12.1. The topological polar surface area (TPSA) is 85.4 Å². The molecule has 0 atom stereocenters. The van der Waals surface area contributed by atoms with Crippen LogP contribution in [-0.2, 0) is 0 Å². The van der Waals surface area contributed by atoms with Gasteiger partial charge in [-0.1, -0.05) is 0 Å². The second kappa shape index (κ2) is 5.66. The predicted octanol–water partition coefficient (Wildman–Crippen LogP) is 1.54. The SMILES string of the molecule is CNc1cnc(C(=O)Nc2ccc3c(c2)OCCO3)cn1. The minimum absolute atomic E-state index is 0.240. The van der Waals surface area contributed by atoms with Crippen LogP contribution in [-0.4, -0.2) is 36.1 Å². The van der Waals surface area contributed by atoms with Gasteiger partial charge in [0.05, 0.1) is 12.4 Å². The first-order chi connectivity index (χ1) is 10.3. The minimum atomic E-state index is -0.332. The maximum Gasteiger partial charge on any atom is 0.275 e. The van der Waals surface area contributed by atoms with Crippen molar-refractivity contribution < 1.29 is 14.3 Å². The van der Waals surface area contributed by atoms with E-state index in [2.05, 4.69) is 20.6 Å². The summed E-state index contributed by atoms with van der Waals surface area (Å²) in [6, 6.07) is 5.24. The molecular formula is C14H14N4O3. The zero-order valence-corrected chi connectivity index (χ0v) is 11.4. The van der Waals surface area contributed by atoms with Gasteiger partial charge in [-0.3, -0.25) is 4.79 Å². The van der Waals surface area contributed by atoms with Crippen LogP contribution in [0.4, 0.5) is 11.5 Å². The van der Waals surface area contributed by atoms with Crippen molar-refractivity contribution in [2.24, 2.45) is 0 Å². The standard InChI is InChI=1S/C14H14N4O3/c1-15-13-8-16-10(7-17-13)14(19)18-9-2-3-11-12(6-9)21-5-4-20-11/h2-3,6-8H,4-5H2,1H3,(H,15,17)(H,18,19). The molecule has 0 unspecified atom stereocenters. The molecule has 1 aliphatic heterocycles. The van der Waals surface area contributed by atoms with Crippen LogP contribution in [0.25, 0.3) is 0 Å². The van der Waals surface area contributed by atoms with E-state index in [1.165, 1.54) is 12.4 Å². The third kappa shape index (κ3) is 2.86. The van der Waals surface area contributed by atoms with Gasteiger partial charge in [-0.25, -0.2) is 9.97 Å². The number of ether oxygens (including phenoxy) is 2. The average molecular weight is 286 g/mol. The van der Waals surface area contributed by atoms with Crippen LogP contribution in [0.5, 0.6) is 11.5 Å². The van der Waals surface area contributed by atoms with Crippen molar-refractivity contribution in [2.75, 3.05) is 30.9 Å². The highest BCUT2D eigenvalue weighted by atomic mass is 16.6. The van der Waals surface area contributed by atoms with Gasteiger partial charge in [0.2, 0.25) is 0 Å². The van der Waals surface area contributed by atoms with Crippen molar-refractivity contribution in [3.63, 3.8) is 0 Å². The van der Waals surface area contributed by atoms with Gasteiger partial charge in [-0.15, -0.1) is 0 Å². The van der Waals surface area contributed by atoms with Gasteiger partial charge in [0.1, 0.15) is 24.7 Å². The molecule has 21 heavy (non-hydrogen) atoms. The maximum atomic E-state index is 12.1. The number of aromatic nitrogens is 2. The highest BCUT2D eigenvalue weighted by Gasteiger charge is 2.14. The quantitative estimate of drug-likeness (QED) is 0.890. The van der Waals surface area contributed by atoms with Crippen LogP contribution in [0.15, 0.2) is 30.6 Å². The number of carbonyl (C=O) groups is 1. The van der Waals surface area contributed by atoms with E-state index in [0.717, 1.165) is 0 Å². The highest BCUT2D eigenvalue weighted by molar-refractivity contribution is 6.02. The number of fused-ring (bicyclic) bond motifs is 1. The molecule has 1 aliphatic rings. The number of hydrogen-bond donors (Lipinski definition) is 2. The Labute approximate surface area is 121 Å². The molecule has 0 aliphatic carbocycles. The Bertz CT molecular complexity index is 658. The number of nitrogens with one attached hydrogen (secondary N) is 2. The van der Waals surface area contributed by atoms with Crippen molar-refractivity contribution in [1.29, 1.82) is 0 Å². The van der Waals surface area contributed by atoms with E-state index in [-0.39, 0.29) is 11.6 Å². The molecule has 3 rings (SSSR count). The molecule has 0 bridgehead atoms. The smallest absolute Gasteiger partial charge is 0.275 e. The molecule has 0 saturated heterocycles. The number of hydrogen-bond acceptors (Lipinski definition) is 6. The van der Waals surface area contributed by atoms with Crippen LogP contribution in [0.1, 0.15) is 10.5 Å². The van der Waals surface area contributed by atoms with Crippen molar-refractivity contribution in [2.45, 2.75) is 0 Å². The van der Waals surface area contributed by atoms with Crippen molar-refractivity contribution in [3.8, 4) is 11.5 Å². The highest BCUT2D eigenvalue weighted by Crippen LogP contribution is 2.32. The molecule has 108 valence electrons. The van der Waals surface area contributed by atoms with Crippen LogP contribution in [0.3, 0.4) is 0 Å². The number of nitrogens with zero attached hydrogens (tertiary/aromatic N) is 2. The lowest BCUT2D eigenvalue weighted by Gasteiger charge is -2.18. The lowest BCUT2D eigenvalue weighted by atomic mass is 10.2. The van der Waals surface area contributed by atoms with Gasteiger partial charge >= 0.3 is 0 Å². The van der Waals surface area contributed by atoms with Crippen molar-refractivity contribution >= 4 is 17.4 Å². The fourth-order valence-electron chi connectivity index (χ4n) is 1.89. The third-order valence-electron chi connectivity index (χ3n) is 2.94. The largest absolute Gasteiger partial charge is 0.486 e. The molecule has 1 aromatic heterocycles. The van der Waals surface area contributed by atoms with Gasteiger partial charge < -0.3 is 20.1 Å². The summed E-state index contributed by atoms with van der Waals surface area (Å²) in [4.78, 5) is 20.2. The van der Waals surface area contributed by atoms with E-state index < -0.39 is 0 Å². The number of amides is 1. The first-order valence-corrected chi connectivity index (χ1v) is 6.47. The molecule has 0 fully saturated rings. The van der Waals surface area contributed by atoms with Gasteiger partial charge in [0, 0.05) is 18.8 Å². The molecule has 0 spiro atoms. The summed E-state index contributed by atoms with van der Waals surface area (Å²) in [7, 11) is 1.74. The predicted molar refractivity (Wildman–Crippen MR) is 77.0 cm³/mol. The van der Waals surface area contributed by atoms with Crippen molar-refractivity contribution in [3.05, 3.63) is 36.3 Å².